The summed E-state index contributed by atoms with van der Waals surface area (Å²) in [6, 6.07) is 0.191. The van der Waals surface area contributed by atoms with E-state index < -0.39 is 0 Å². The lowest BCUT2D eigenvalue weighted by molar-refractivity contribution is -0.713. The number of carbonyl (C=O) groups excluding carboxylic acids is 1. The topological polar surface area (TPSA) is 23.6 Å². The molecule has 4 nitrogen and oxygen atoms in total. The molecule has 6 heteroatoms. The van der Waals surface area contributed by atoms with Gasteiger partial charge in [0.05, 0.1) is 14.1 Å². The van der Waals surface area contributed by atoms with Crippen LogP contribution in [0.1, 0.15) is 19.8 Å². The van der Waals surface area contributed by atoms with Crippen LogP contribution in [0, 0.1) is 0 Å². The second-order valence-corrected chi connectivity index (χ2v) is 6.53. The maximum atomic E-state index is 12.0. The van der Waals surface area contributed by atoms with Crippen LogP contribution in [-0.2, 0) is 4.79 Å². The number of nitrogens with zero attached hydrogens (tertiary/aromatic N) is 3. The Balaban J connectivity index is 2.39. The standard InChI is InChI=1S/C12H18Cl2N3O/c1-9-4-5-10(8-17(2,3)14)12-15(13)7-6-11(18)16(9)12/h6-9,12H,4-5H2,1-3H3/q+1. The van der Waals surface area contributed by atoms with Crippen LogP contribution >= 0.6 is 23.6 Å². The van der Waals surface area contributed by atoms with E-state index in [4.69, 9.17) is 23.6 Å². The summed E-state index contributed by atoms with van der Waals surface area (Å²) in [5, 5.41) is 0. The minimum absolute atomic E-state index is 0.00915. The van der Waals surface area contributed by atoms with Crippen molar-refractivity contribution in [3.63, 3.8) is 0 Å². The van der Waals surface area contributed by atoms with Gasteiger partial charge in [-0.15, -0.1) is 0 Å². The van der Waals surface area contributed by atoms with Crippen molar-refractivity contribution in [3.05, 3.63) is 24.0 Å². The largest absolute Gasteiger partial charge is 0.311 e. The molecule has 0 bridgehead atoms. The Hall–Kier alpha value is -0.710. The lowest BCUT2D eigenvalue weighted by Gasteiger charge is -2.45. The van der Waals surface area contributed by atoms with Gasteiger partial charge in [-0.25, -0.2) is 4.00 Å². The summed E-state index contributed by atoms with van der Waals surface area (Å²) in [6.07, 6.45) is 6.69. The second kappa shape index (κ2) is 4.76. The van der Waals surface area contributed by atoms with Crippen molar-refractivity contribution in [2.45, 2.75) is 32.0 Å². The third kappa shape index (κ3) is 2.66. The van der Waals surface area contributed by atoms with Crippen LogP contribution < -0.4 is 0 Å². The van der Waals surface area contributed by atoms with Crippen molar-refractivity contribution < 1.29 is 8.80 Å². The van der Waals surface area contributed by atoms with Gasteiger partial charge in [0.2, 0.25) is 5.91 Å². The quantitative estimate of drug-likeness (QED) is 0.693. The predicted molar refractivity (Wildman–Crippen MR) is 72.2 cm³/mol. The van der Waals surface area contributed by atoms with Crippen molar-refractivity contribution in [3.8, 4) is 0 Å². The van der Waals surface area contributed by atoms with Gasteiger partial charge in [-0.2, -0.15) is 0 Å². The van der Waals surface area contributed by atoms with Crippen LogP contribution in [0.2, 0.25) is 0 Å². The average molecular weight is 291 g/mol. The highest BCUT2D eigenvalue weighted by Gasteiger charge is 2.40. The fourth-order valence-electron chi connectivity index (χ4n) is 2.51. The lowest BCUT2D eigenvalue weighted by atomic mass is 9.95. The zero-order chi connectivity index (χ0) is 13.5. The van der Waals surface area contributed by atoms with Gasteiger partial charge in [0, 0.05) is 35.7 Å². The monoisotopic (exact) mass is 290 g/mol. The summed E-state index contributed by atoms with van der Waals surface area (Å²) in [5.41, 5.74) is 1.08. The molecule has 100 valence electrons. The van der Waals surface area contributed by atoms with E-state index in [1.165, 1.54) is 6.08 Å². The highest BCUT2D eigenvalue weighted by atomic mass is 35.5. The zero-order valence-corrected chi connectivity index (χ0v) is 12.3. The third-order valence-corrected chi connectivity index (χ3v) is 3.64. The van der Waals surface area contributed by atoms with E-state index in [0.29, 0.717) is 0 Å². The Bertz CT molecular complexity index is 414. The van der Waals surface area contributed by atoms with Crippen molar-refractivity contribution in [1.82, 2.24) is 9.32 Å². The third-order valence-electron chi connectivity index (χ3n) is 3.24. The summed E-state index contributed by atoms with van der Waals surface area (Å²) >= 11 is 12.4. The smallest absolute Gasteiger partial charge is 0.250 e. The molecule has 0 aromatic heterocycles. The molecule has 18 heavy (non-hydrogen) atoms. The summed E-state index contributed by atoms with van der Waals surface area (Å²) in [6.45, 7) is 2.05. The molecule has 2 atom stereocenters. The van der Waals surface area contributed by atoms with Gasteiger partial charge in [0.15, 0.2) is 11.8 Å². The molecule has 1 fully saturated rings. The van der Waals surface area contributed by atoms with Crippen molar-refractivity contribution in [2.75, 3.05) is 14.1 Å². The van der Waals surface area contributed by atoms with E-state index in [9.17, 15) is 4.79 Å². The van der Waals surface area contributed by atoms with Crippen LogP contribution in [-0.4, -0.2) is 45.5 Å². The molecule has 2 aliphatic heterocycles. The van der Waals surface area contributed by atoms with Gasteiger partial charge >= 0.3 is 0 Å². The molecule has 1 saturated heterocycles. The highest BCUT2D eigenvalue weighted by molar-refractivity contribution is 6.15. The van der Waals surface area contributed by atoms with Gasteiger partial charge in [0.1, 0.15) is 12.4 Å². The maximum Gasteiger partial charge on any atom is 0.250 e. The Morgan fingerprint density at radius 1 is 1.50 bits per heavy atom. The number of fused-ring (bicyclic) bond motifs is 1. The highest BCUT2D eigenvalue weighted by Crippen LogP contribution is 2.34. The van der Waals surface area contributed by atoms with Gasteiger partial charge < -0.3 is 4.90 Å². The molecule has 0 aromatic carbocycles. The zero-order valence-electron chi connectivity index (χ0n) is 10.8. The van der Waals surface area contributed by atoms with E-state index in [1.807, 2.05) is 32.1 Å². The Morgan fingerprint density at radius 2 is 2.17 bits per heavy atom. The molecule has 0 radical (unpaired) electrons. The summed E-state index contributed by atoms with van der Waals surface area (Å²) in [7, 11) is 3.74. The van der Waals surface area contributed by atoms with Crippen LogP contribution in [0.15, 0.2) is 24.0 Å². The molecular weight excluding hydrogens is 273 g/mol. The summed E-state index contributed by atoms with van der Waals surface area (Å²) < 4.78 is 1.76. The van der Waals surface area contributed by atoms with Crippen LogP contribution in [0.4, 0.5) is 0 Å². The van der Waals surface area contributed by atoms with E-state index in [-0.39, 0.29) is 22.1 Å². The molecule has 0 saturated carbocycles. The van der Waals surface area contributed by atoms with Crippen LogP contribution in [0.25, 0.3) is 0 Å². The number of halogens is 2. The molecule has 2 heterocycles. The fraction of sp³-hybridized carbons (Fsp3) is 0.583. The normalized spacial score (nSPS) is 30.9. The predicted octanol–water partition coefficient (Wildman–Crippen LogP) is 2.42. The van der Waals surface area contributed by atoms with Crippen molar-refractivity contribution >= 4 is 29.5 Å². The average Bonchev–Trinajstić information content (AvgIpc) is 2.24. The number of carbonyl (C=O) groups is 1. The maximum absolute atomic E-state index is 12.0. The van der Waals surface area contributed by atoms with Gasteiger partial charge in [-0.1, -0.05) is 0 Å². The van der Waals surface area contributed by atoms with Crippen LogP contribution in [0.3, 0.4) is 0 Å². The van der Waals surface area contributed by atoms with Crippen molar-refractivity contribution in [2.24, 2.45) is 0 Å². The molecule has 1 amide bonds. The molecular formula is C12H18Cl2N3O+. The Labute approximate surface area is 118 Å². The first-order chi connectivity index (χ1) is 8.29. The number of piperidine rings is 1. The summed E-state index contributed by atoms with van der Waals surface area (Å²) in [5.74, 6) is 0.00915. The minimum Gasteiger partial charge on any atom is -0.311 e. The Kier molecular flexibility index (Phi) is 3.63. The first-order valence-electron chi connectivity index (χ1n) is 5.99. The summed E-state index contributed by atoms with van der Waals surface area (Å²) in [4.78, 5) is 13.8. The van der Waals surface area contributed by atoms with E-state index in [0.717, 1.165) is 18.4 Å². The second-order valence-electron chi connectivity index (χ2n) is 5.27. The Morgan fingerprint density at radius 3 is 2.78 bits per heavy atom. The van der Waals surface area contributed by atoms with Gasteiger partial charge in [-0.3, -0.25) is 9.21 Å². The number of quaternary nitrogens is 1. The number of hydrogen-bond donors (Lipinski definition) is 0. The number of amides is 1. The molecule has 0 spiro atoms. The molecule has 2 rings (SSSR count). The van der Waals surface area contributed by atoms with E-state index in [1.54, 1.807) is 10.6 Å². The van der Waals surface area contributed by atoms with Crippen LogP contribution in [0.5, 0.6) is 0 Å². The first-order valence-corrected chi connectivity index (χ1v) is 6.67. The lowest BCUT2D eigenvalue weighted by Crippen LogP contribution is -2.56. The fourth-order valence-corrected chi connectivity index (χ4v) is 2.91. The number of rotatable bonds is 1. The molecule has 0 aliphatic carbocycles. The van der Waals surface area contributed by atoms with Crippen molar-refractivity contribution in [1.29, 1.82) is 0 Å². The molecule has 2 aliphatic rings. The molecule has 0 aromatic rings. The van der Waals surface area contributed by atoms with E-state index in [2.05, 4.69) is 0 Å². The molecule has 0 N–H and O–H groups in total. The van der Waals surface area contributed by atoms with Gasteiger partial charge in [0.25, 0.3) is 0 Å². The first kappa shape index (κ1) is 13.7. The SMILES string of the molecule is CC1CCC(=C[N+](C)(C)Cl)C2N(Cl)C=CC(=O)N12. The van der Waals surface area contributed by atoms with Gasteiger partial charge in [-0.05, 0) is 19.8 Å². The molecule has 2 unspecified atom stereocenters. The van der Waals surface area contributed by atoms with E-state index >= 15 is 0 Å². The number of hydrogen-bond acceptors (Lipinski definition) is 2. The minimum atomic E-state index is -0.218.